The zero-order chi connectivity index (χ0) is 14.5. The van der Waals surface area contributed by atoms with Crippen molar-refractivity contribution in [2.75, 3.05) is 11.9 Å². The molecule has 0 saturated heterocycles. The standard InChI is InChI=1S/C14H20N4O2/c1-9(6-7-15)2-5-13(19)16-10-3-4-11-12(8-10)18-14(20)17-11/h3-4,8-9H,2,5-7,15H2,1H3,(H,16,19)(H2,17,18,20). The van der Waals surface area contributed by atoms with Gasteiger partial charge in [-0.3, -0.25) is 4.79 Å². The van der Waals surface area contributed by atoms with E-state index in [-0.39, 0.29) is 11.6 Å². The minimum Gasteiger partial charge on any atom is -0.330 e. The molecule has 5 N–H and O–H groups in total. The highest BCUT2D eigenvalue weighted by atomic mass is 16.1. The molecule has 0 spiro atoms. The third kappa shape index (κ3) is 3.71. The largest absolute Gasteiger partial charge is 0.330 e. The first-order valence-corrected chi connectivity index (χ1v) is 6.80. The predicted molar refractivity (Wildman–Crippen MR) is 79.6 cm³/mol. The molecule has 0 saturated carbocycles. The van der Waals surface area contributed by atoms with E-state index in [1.165, 1.54) is 0 Å². The van der Waals surface area contributed by atoms with Crippen LogP contribution in [0.5, 0.6) is 0 Å². The van der Waals surface area contributed by atoms with Crippen molar-refractivity contribution < 1.29 is 4.79 Å². The molecule has 1 unspecified atom stereocenters. The number of imidazole rings is 1. The molecule has 6 nitrogen and oxygen atoms in total. The topological polar surface area (TPSA) is 104 Å². The first-order chi connectivity index (χ1) is 9.58. The Morgan fingerprint density at radius 1 is 1.30 bits per heavy atom. The van der Waals surface area contributed by atoms with Crippen LogP contribution in [0.4, 0.5) is 5.69 Å². The highest BCUT2D eigenvalue weighted by Gasteiger charge is 2.07. The zero-order valence-corrected chi connectivity index (χ0v) is 11.5. The van der Waals surface area contributed by atoms with Crippen molar-refractivity contribution in [3.63, 3.8) is 0 Å². The summed E-state index contributed by atoms with van der Waals surface area (Å²) >= 11 is 0. The van der Waals surface area contributed by atoms with Crippen molar-refractivity contribution >= 4 is 22.6 Å². The van der Waals surface area contributed by atoms with Crippen LogP contribution in [-0.4, -0.2) is 22.4 Å². The van der Waals surface area contributed by atoms with E-state index >= 15 is 0 Å². The Bertz CT molecular complexity index is 644. The molecular formula is C14H20N4O2. The highest BCUT2D eigenvalue weighted by molar-refractivity contribution is 5.92. The minimum atomic E-state index is -0.251. The van der Waals surface area contributed by atoms with Crippen molar-refractivity contribution in [3.8, 4) is 0 Å². The van der Waals surface area contributed by atoms with Crippen LogP contribution < -0.4 is 16.7 Å². The Morgan fingerprint density at radius 3 is 2.80 bits per heavy atom. The van der Waals surface area contributed by atoms with Crippen LogP contribution in [-0.2, 0) is 4.79 Å². The maximum absolute atomic E-state index is 11.8. The van der Waals surface area contributed by atoms with E-state index in [2.05, 4.69) is 22.2 Å². The average Bonchev–Trinajstić information content (AvgIpc) is 2.76. The summed E-state index contributed by atoms with van der Waals surface area (Å²) in [6.45, 7) is 2.75. The number of hydrogen-bond donors (Lipinski definition) is 4. The number of carbonyl (C=O) groups is 1. The summed E-state index contributed by atoms with van der Waals surface area (Å²) in [5.74, 6) is 0.431. The first-order valence-electron chi connectivity index (χ1n) is 6.80. The second kappa shape index (κ2) is 6.38. The number of nitrogens with one attached hydrogen (secondary N) is 3. The molecule has 0 bridgehead atoms. The Labute approximate surface area is 116 Å². The summed E-state index contributed by atoms with van der Waals surface area (Å²) in [6, 6.07) is 5.28. The molecule has 20 heavy (non-hydrogen) atoms. The van der Waals surface area contributed by atoms with Gasteiger partial charge in [-0.25, -0.2) is 4.79 Å². The predicted octanol–water partition coefficient (Wildman–Crippen LogP) is 1.56. The van der Waals surface area contributed by atoms with E-state index in [9.17, 15) is 9.59 Å². The zero-order valence-electron chi connectivity index (χ0n) is 11.5. The summed E-state index contributed by atoms with van der Waals surface area (Å²) in [7, 11) is 0. The molecule has 0 radical (unpaired) electrons. The lowest BCUT2D eigenvalue weighted by Crippen LogP contribution is -2.14. The molecule has 1 aromatic carbocycles. The lowest BCUT2D eigenvalue weighted by molar-refractivity contribution is -0.116. The third-order valence-electron chi connectivity index (χ3n) is 3.32. The van der Waals surface area contributed by atoms with Gasteiger partial charge >= 0.3 is 5.69 Å². The van der Waals surface area contributed by atoms with Crippen LogP contribution in [0.15, 0.2) is 23.0 Å². The molecule has 0 fully saturated rings. The van der Waals surface area contributed by atoms with Crippen LogP contribution in [0.2, 0.25) is 0 Å². The van der Waals surface area contributed by atoms with Crippen molar-refractivity contribution in [1.29, 1.82) is 0 Å². The molecule has 1 aromatic heterocycles. The fourth-order valence-electron chi connectivity index (χ4n) is 2.14. The van der Waals surface area contributed by atoms with Gasteiger partial charge in [-0.15, -0.1) is 0 Å². The van der Waals surface area contributed by atoms with Crippen LogP contribution in [0.25, 0.3) is 11.0 Å². The molecule has 2 aromatic rings. The van der Waals surface area contributed by atoms with Gasteiger partial charge in [-0.05, 0) is 43.5 Å². The van der Waals surface area contributed by atoms with Gasteiger partial charge in [-0.1, -0.05) is 6.92 Å². The molecule has 6 heteroatoms. The Kier molecular flexibility index (Phi) is 4.57. The van der Waals surface area contributed by atoms with E-state index in [0.29, 0.717) is 30.1 Å². The normalized spacial score (nSPS) is 12.5. The molecule has 1 amide bonds. The molecule has 1 atom stereocenters. The smallest absolute Gasteiger partial charge is 0.323 e. The van der Waals surface area contributed by atoms with Crippen LogP contribution in [0.1, 0.15) is 26.2 Å². The Hall–Kier alpha value is -2.08. The summed E-state index contributed by atoms with van der Waals surface area (Å²) in [6.07, 6.45) is 2.24. The van der Waals surface area contributed by atoms with Gasteiger partial charge in [0.15, 0.2) is 0 Å². The first kappa shape index (κ1) is 14.3. The monoisotopic (exact) mass is 276 g/mol. The number of hydrogen-bond acceptors (Lipinski definition) is 3. The maximum atomic E-state index is 11.8. The summed E-state index contributed by atoms with van der Waals surface area (Å²) in [4.78, 5) is 28.3. The number of H-pyrrole nitrogens is 2. The van der Waals surface area contributed by atoms with Crippen LogP contribution in [0.3, 0.4) is 0 Å². The quantitative estimate of drug-likeness (QED) is 0.643. The maximum Gasteiger partial charge on any atom is 0.323 e. The number of aromatic amines is 2. The van der Waals surface area contributed by atoms with Gasteiger partial charge in [0.2, 0.25) is 5.91 Å². The van der Waals surface area contributed by atoms with E-state index < -0.39 is 0 Å². The lowest BCUT2D eigenvalue weighted by atomic mass is 10.0. The number of fused-ring (bicyclic) bond motifs is 1. The summed E-state index contributed by atoms with van der Waals surface area (Å²) in [5, 5.41) is 2.83. The fraction of sp³-hybridized carbons (Fsp3) is 0.429. The van der Waals surface area contributed by atoms with E-state index in [1.54, 1.807) is 18.2 Å². The lowest BCUT2D eigenvalue weighted by Gasteiger charge is -2.10. The highest BCUT2D eigenvalue weighted by Crippen LogP contribution is 2.16. The van der Waals surface area contributed by atoms with E-state index in [1.807, 2.05) is 0 Å². The van der Waals surface area contributed by atoms with Crippen molar-refractivity contribution in [3.05, 3.63) is 28.7 Å². The number of nitrogens with two attached hydrogens (primary N) is 1. The van der Waals surface area contributed by atoms with Gasteiger partial charge in [0, 0.05) is 12.1 Å². The van der Waals surface area contributed by atoms with Gasteiger partial charge in [0.1, 0.15) is 0 Å². The van der Waals surface area contributed by atoms with E-state index in [0.717, 1.165) is 18.4 Å². The second-order valence-electron chi connectivity index (χ2n) is 5.11. The van der Waals surface area contributed by atoms with Crippen molar-refractivity contribution in [2.45, 2.75) is 26.2 Å². The summed E-state index contributed by atoms with van der Waals surface area (Å²) in [5.41, 5.74) is 7.33. The SMILES string of the molecule is CC(CCN)CCC(=O)Nc1ccc2[nH]c(=O)[nH]c2c1. The third-order valence-corrected chi connectivity index (χ3v) is 3.32. The Morgan fingerprint density at radius 2 is 2.05 bits per heavy atom. The second-order valence-corrected chi connectivity index (χ2v) is 5.11. The molecule has 0 aliphatic heterocycles. The molecule has 108 valence electrons. The van der Waals surface area contributed by atoms with Gasteiger partial charge < -0.3 is 21.0 Å². The van der Waals surface area contributed by atoms with Gasteiger partial charge in [0.25, 0.3) is 0 Å². The van der Waals surface area contributed by atoms with Gasteiger partial charge in [-0.2, -0.15) is 0 Å². The van der Waals surface area contributed by atoms with E-state index in [4.69, 9.17) is 5.73 Å². The summed E-state index contributed by atoms with van der Waals surface area (Å²) < 4.78 is 0. The number of benzene rings is 1. The number of carbonyl (C=O) groups excluding carboxylic acids is 1. The molecule has 0 aliphatic carbocycles. The van der Waals surface area contributed by atoms with Crippen molar-refractivity contribution in [2.24, 2.45) is 11.7 Å². The molecule has 0 aliphatic rings. The van der Waals surface area contributed by atoms with Crippen LogP contribution >= 0.6 is 0 Å². The van der Waals surface area contributed by atoms with Crippen LogP contribution in [0, 0.1) is 5.92 Å². The number of amides is 1. The molecule has 2 rings (SSSR count). The van der Waals surface area contributed by atoms with Gasteiger partial charge in [0.05, 0.1) is 11.0 Å². The number of anilines is 1. The molecular weight excluding hydrogens is 256 g/mol. The Balaban J connectivity index is 1.93. The number of aromatic nitrogens is 2. The minimum absolute atomic E-state index is 0.0221. The fourth-order valence-corrected chi connectivity index (χ4v) is 2.14. The number of rotatable bonds is 6. The molecule has 1 heterocycles. The van der Waals surface area contributed by atoms with Crippen molar-refractivity contribution in [1.82, 2.24) is 9.97 Å². The average molecular weight is 276 g/mol.